The van der Waals surface area contributed by atoms with Gasteiger partial charge in [-0.1, -0.05) is 54.4 Å². The molecule has 0 saturated carbocycles. The second-order valence-corrected chi connectivity index (χ2v) is 12.3. The minimum Gasteiger partial charge on any atom is -0.493 e. The van der Waals surface area contributed by atoms with E-state index in [0.717, 1.165) is 4.31 Å². The Bertz CT molecular complexity index is 1480. The van der Waals surface area contributed by atoms with Gasteiger partial charge in [-0.25, -0.2) is 8.42 Å². The Morgan fingerprint density at radius 3 is 2.10 bits per heavy atom. The van der Waals surface area contributed by atoms with E-state index < -0.39 is 34.4 Å². The standard InChI is InChI=1S/C30H35Cl2N3O6S/c1-6-20(2)33-30(37)21(3)34(18-24-25(31)13-10-14-26(24)32)29(36)19-35(42(38,39)23-11-8-7-9-12-23)22-15-16-27(40-4)28(17-22)41-5/h7-17,20-21H,6,18-19H2,1-5H3,(H,33,37)/t20-,21-/m1/s1. The van der Waals surface area contributed by atoms with Crippen LogP contribution in [0.5, 0.6) is 11.5 Å². The lowest BCUT2D eigenvalue weighted by atomic mass is 10.1. The third kappa shape index (κ3) is 7.67. The van der Waals surface area contributed by atoms with Crippen LogP contribution in [0.2, 0.25) is 10.0 Å². The summed E-state index contributed by atoms with van der Waals surface area (Å²) >= 11 is 12.9. The molecule has 9 nitrogen and oxygen atoms in total. The van der Waals surface area contributed by atoms with Crippen LogP contribution >= 0.6 is 23.2 Å². The normalized spacial score (nSPS) is 12.6. The Labute approximate surface area is 257 Å². The molecule has 1 N–H and O–H groups in total. The molecule has 0 spiro atoms. The van der Waals surface area contributed by atoms with Crippen molar-refractivity contribution >= 4 is 50.7 Å². The fourth-order valence-corrected chi connectivity index (χ4v) is 6.07. The number of carbonyl (C=O) groups is 2. The molecule has 0 aliphatic rings. The molecule has 0 heterocycles. The molecule has 2 atom stereocenters. The number of nitrogens with one attached hydrogen (secondary N) is 1. The van der Waals surface area contributed by atoms with Gasteiger partial charge in [0.25, 0.3) is 10.0 Å². The van der Waals surface area contributed by atoms with E-state index in [-0.39, 0.29) is 28.9 Å². The number of hydrogen-bond acceptors (Lipinski definition) is 6. The molecule has 0 bridgehead atoms. The minimum absolute atomic E-state index is 0.0177. The molecule has 0 aliphatic carbocycles. The van der Waals surface area contributed by atoms with Gasteiger partial charge in [-0.15, -0.1) is 0 Å². The summed E-state index contributed by atoms with van der Waals surface area (Å²) in [6.45, 7) is 4.60. The van der Waals surface area contributed by atoms with Crippen molar-refractivity contribution in [2.75, 3.05) is 25.1 Å². The number of sulfonamides is 1. The first-order valence-corrected chi connectivity index (χ1v) is 15.5. The number of anilines is 1. The molecule has 0 unspecified atom stereocenters. The van der Waals surface area contributed by atoms with E-state index >= 15 is 0 Å². The lowest BCUT2D eigenvalue weighted by molar-refractivity contribution is -0.139. The van der Waals surface area contributed by atoms with Crippen molar-refractivity contribution in [2.24, 2.45) is 0 Å². The maximum absolute atomic E-state index is 14.1. The van der Waals surface area contributed by atoms with Crippen molar-refractivity contribution in [1.82, 2.24) is 10.2 Å². The summed E-state index contributed by atoms with van der Waals surface area (Å²) in [4.78, 5) is 28.6. The molecule has 0 radical (unpaired) electrons. The molecule has 226 valence electrons. The number of hydrogen-bond donors (Lipinski definition) is 1. The molecular formula is C30H35Cl2N3O6S. The third-order valence-corrected chi connectivity index (χ3v) is 9.32. The molecule has 42 heavy (non-hydrogen) atoms. The van der Waals surface area contributed by atoms with E-state index in [9.17, 15) is 18.0 Å². The summed E-state index contributed by atoms with van der Waals surface area (Å²) in [5, 5.41) is 3.51. The van der Waals surface area contributed by atoms with Crippen molar-refractivity contribution in [1.29, 1.82) is 0 Å². The lowest BCUT2D eigenvalue weighted by Crippen LogP contribution is -2.52. The first kappa shape index (κ1) is 33.0. The SMILES string of the molecule is CC[C@@H](C)NC(=O)[C@@H](C)N(Cc1c(Cl)cccc1Cl)C(=O)CN(c1ccc(OC)c(OC)c1)S(=O)(=O)c1ccccc1. The zero-order valence-corrected chi connectivity index (χ0v) is 26.5. The van der Waals surface area contributed by atoms with E-state index in [1.165, 1.54) is 43.4 Å². The maximum Gasteiger partial charge on any atom is 0.264 e. The molecule has 3 aromatic rings. The highest BCUT2D eigenvalue weighted by Crippen LogP contribution is 2.34. The second kappa shape index (κ2) is 14.6. The molecule has 3 aromatic carbocycles. The summed E-state index contributed by atoms with van der Waals surface area (Å²) in [5.74, 6) is -0.386. The van der Waals surface area contributed by atoms with Gasteiger partial charge in [0.15, 0.2) is 11.5 Å². The minimum atomic E-state index is -4.25. The fourth-order valence-electron chi connectivity index (χ4n) is 4.13. The highest BCUT2D eigenvalue weighted by atomic mass is 35.5. The molecule has 0 fully saturated rings. The van der Waals surface area contributed by atoms with Crippen LogP contribution in [0.15, 0.2) is 71.6 Å². The summed E-state index contributed by atoms with van der Waals surface area (Å²) in [5.41, 5.74) is 0.596. The van der Waals surface area contributed by atoms with Gasteiger partial charge in [-0.2, -0.15) is 0 Å². The van der Waals surface area contributed by atoms with Gasteiger partial charge in [-0.3, -0.25) is 13.9 Å². The molecular weight excluding hydrogens is 601 g/mol. The Kier molecular flexibility index (Phi) is 11.5. The molecule has 0 aliphatic heterocycles. The highest BCUT2D eigenvalue weighted by Gasteiger charge is 2.33. The Balaban J connectivity index is 2.11. The number of nitrogens with zero attached hydrogens (tertiary/aromatic N) is 2. The van der Waals surface area contributed by atoms with Crippen LogP contribution in [0.3, 0.4) is 0 Å². The van der Waals surface area contributed by atoms with Crippen molar-refractivity contribution in [3.05, 3.63) is 82.3 Å². The topological polar surface area (TPSA) is 105 Å². The maximum atomic E-state index is 14.1. The number of benzene rings is 3. The Hall–Kier alpha value is -3.47. The largest absolute Gasteiger partial charge is 0.493 e. The zero-order chi connectivity index (χ0) is 31.0. The van der Waals surface area contributed by atoms with E-state index in [0.29, 0.717) is 27.8 Å². The smallest absolute Gasteiger partial charge is 0.264 e. The lowest BCUT2D eigenvalue weighted by Gasteiger charge is -2.33. The molecule has 2 amide bonds. The molecule has 0 saturated heterocycles. The van der Waals surface area contributed by atoms with Gasteiger partial charge in [0.05, 0.1) is 24.8 Å². The van der Waals surface area contributed by atoms with E-state index in [2.05, 4.69) is 5.32 Å². The van der Waals surface area contributed by atoms with Crippen LogP contribution in [-0.2, 0) is 26.2 Å². The van der Waals surface area contributed by atoms with Gasteiger partial charge >= 0.3 is 0 Å². The summed E-state index contributed by atoms with van der Waals surface area (Å²) in [7, 11) is -1.36. The van der Waals surface area contributed by atoms with Crippen LogP contribution in [0.4, 0.5) is 5.69 Å². The predicted octanol–water partition coefficient (Wildman–Crippen LogP) is 5.54. The number of amides is 2. The summed E-state index contributed by atoms with van der Waals surface area (Å²) in [6, 6.07) is 16.1. The fraction of sp³-hybridized carbons (Fsp3) is 0.333. The third-order valence-electron chi connectivity index (χ3n) is 6.82. The number of ether oxygens (including phenoxy) is 2. The van der Waals surface area contributed by atoms with E-state index in [4.69, 9.17) is 32.7 Å². The average molecular weight is 637 g/mol. The number of halogens is 2. The van der Waals surface area contributed by atoms with Crippen molar-refractivity contribution < 1.29 is 27.5 Å². The monoisotopic (exact) mass is 635 g/mol. The van der Waals surface area contributed by atoms with Crippen LogP contribution in [0, 0.1) is 0 Å². The number of rotatable bonds is 13. The Morgan fingerprint density at radius 1 is 0.905 bits per heavy atom. The van der Waals surface area contributed by atoms with Crippen LogP contribution in [0.1, 0.15) is 32.8 Å². The van der Waals surface area contributed by atoms with Crippen molar-refractivity contribution in [3.63, 3.8) is 0 Å². The molecule has 0 aromatic heterocycles. The first-order valence-electron chi connectivity index (χ1n) is 13.3. The van der Waals surface area contributed by atoms with Gasteiger partial charge in [0, 0.05) is 34.3 Å². The summed E-state index contributed by atoms with van der Waals surface area (Å²) in [6.07, 6.45) is 0.686. The molecule has 12 heteroatoms. The number of methoxy groups -OCH3 is 2. The van der Waals surface area contributed by atoms with Crippen LogP contribution in [-0.4, -0.2) is 58.0 Å². The van der Waals surface area contributed by atoms with E-state index in [1.807, 2.05) is 13.8 Å². The van der Waals surface area contributed by atoms with Crippen molar-refractivity contribution in [2.45, 2.75) is 50.7 Å². The number of carbonyl (C=O) groups excluding carboxylic acids is 2. The quantitative estimate of drug-likeness (QED) is 0.264. The highest BCUT2D eigenvalue weighted by molar-refractivity contribution is 7.92. The van der Waals surface area contributed by atoms with Gasteiger partial charge in [-0.05, 0) is 56.7 Å². The van der Waals surface area contributed by atoms with Gasteiger partial charge in [0.2, 0.25) is 11.8 Å². The van der Waals surface area contributed by atoms with Gasteiger partial charge < -0.3 is 19.7 Å². The second-order valence-electron chi connectivity index (χ2n) is 9.58. The Morgan fingerprint density at radius 2 is 1.52 bits per heavy atom. The van der Waals surface area contributed by atoms with Crippen molar-refractivity contribution in [3.8, 4) is 11.5 Å². The average Bonchev–Trinajstić information content (AvgIpc) is 2.99. The van der Waals surface area contributed by atoms with E-state index in [1.54, 1.807) is 49.4 Å². The van der Waals surface area contributed by atoms with Gasteiger partial charge in [0.1, 0.15) is 12.6 Å². The zero-order valence-electron chi connectivity index (χ0n) is 24.1. The van der Waals surface area contributed by atoms with Crippen LogP contribution in [0.25, 0.3) is 0 Å². The summed E-state index contributed by atoms with van der Waals surface area (Å²) < 4.78 is 39.6. The van der Waals surface area contributed by atoms with Crippen LogP contribution < -0.4 is 19.1 Å². The predicted molar refractivity (Wildman–Crippen MR) is 165 cm³/mol. The molecule has 3 rings (SSSR count). The first-order chi connectivity index (χ1) is 19.9.